The molecule has 19 heavy (non-hydrogen) atoms. The zero-order valence-electron chi connectivity index (χ0n) is 11.5. The van der Waals surface area contributed by atoms with Crippen LogP contribution in [0.15, 0.2) is 6.33 Å². The summed E-state index contributed by atoms with van der Waals surface area (Å²) in [6.07, 6.45) is 3.69. The van der Waals surface area contributed by atoms with Gasteiger partial charge in [0.1, 0.15) is 11.8 Å². The van der Waals surface area contributed by atoms with Gasteiger partial charge in [-0.05, 0) is 45.7 Å². The summed E-state index contributed by atoms with van der Waals surface area (Å²) in [6, 6.07) is 0. The predicted molar refractivity (Wildman–Crippen MR) is 77.1 cm³/mol. The molecule has 0 radical (unpaired) electrons. The molecular formula is C12H19N5OS. The minimum atomic E-state index is 0.531. The zero-order valence-corrected chi connectivity index (χ0v) is 12.3. The van der Waals surface area contributed by atoms with Gasteiger partial charge < -0.3 is 19.2 Å². The number of nitrogens with zero attached hydrogens (tertiary/aromatic N) is 4. The highest BCUT2D eigenvalue weighted by molar-refractivity contribution is 7.71. The summed E-state index contributed by atoms with van der Waals surface area (Å²) in [7, 11) is 5.75. The van der Waals surface area contributed by atoms with Crippen LogP contribution in [0.3, 0.4) is 0 Å². The van der Waals surface area contributed by atoms with E-state index in [1.807, 2.05) is 4.57 Å². The highest BCUT2D eigenvalue weighted by Gasteiger charge is 2.10. The van der Waals surface area contributed by atoms with Crippen molar-refractivity contribution in [1.29, 1.82) is 0 Å². The van der Waals surface area contributed by atoms with Gasteiger partial charge in [-0.15, -0.1) is 0 Å². The lowest BCUT2D eigenvalue weighted by Crippen LogP contribution is -2.13. The second-order valence-corrected chi connectivity index (χ2v) is 5.06. The molecule has 0 amide bonds. The van der Waals surface area contributed by atoms with Gasteiger partial charge in [-0.2, -0.15) is 4.98 Å². The van der Waals surface area contributed by atoms with Gasteiger partial charge in [0, 0.05) is 6.54 Å². The molecule has 0 bridgehead atoms. The fourth-order valence-corrected chi connectivity index (χ4v) is 2.29. The van der Waals surface area contributed by atoms with Gasteiger partial charge >= 0.3 is 0 Å². The van der Waals surface area contributed by atoms with Crippen molar-refractivity contribution in [2.24, 2.45) is 0 Å². The van der Waals surface area contributed by atoms with E-state index in [9.17, 15) is 0 Å². The van der Waals surface area contributed by atoms with E-state index < -0.39 is 0 Å². The van der Waals surface area contributed by atoms with Crippen molar-refractivity contribution in [2.45, 2.75) is 19.4 Å². The molecule has 2 heterocycles. The third-order valence-corrected chi connectivity index (χ3v) is 3.28. The van der Waals surface area contributed by atoms with Gasteiger partial charge in [-0.25, -0.2) is 4.98 Å². The first-order valence-corrected chi connectivity index (χ1v) is 6.66. The van der Waals surface area contributed by atoms with Crippen LogP contribution in [0.5, 0.6) is 5.88 Å². The molecule has 0 atom stereocenters. The molecule has 1 N–H and O–H groups in total. The SMILES string of the molecule is COc1ncnc2c1[nH]c(=S)n2CCCCN(C)C. The van der Waals surface area contributed by atoms with Gasteiger partial charge in [0.15, 0.2) is 10.4 Å². The number of hydrogen-bond donors (Lipinski definition) is 1. The molecule has 104 valence electrons. The van der Waals surface area contributed by atoms with E-state index >= 15 is 0 Å². The second-order valence-electron chi connectivity index (χ2n) is 4.67. The van der Waals surface area contributed by atoms with Crippen LogP contribution in [0.1, 0.15) is 12.8 Å². The van der Waals surface area contributed by atoms with Gasteiger partial charge in [0.2, 0.25) is 5.88 Å². The summed E-state index contributed by atoms with van der Waals surface area (Å²) in [5.74, 6) is 0.531. The highest BCUT2D eigenvalue weighted by Crippen LogP contribution is 2.20. The summed E-state index contributed by atoms with van der Waals surface area (Å²) in [4.78, 5) is 13.7. The van der Waals surface area contributed by atoms with Crippen molar-refractivity contribution in [1.82, 2.24) is 24.4 Å². The molecule has 0 aliphatic rings. The summed E-state index contributed by atoms with van der Waals surface area (Å²) in [5, 5.41) is 0. The Morgan fingerprint density at radius 1 is 1.37 bits per heavy atom. The lowest BCUT2D eigenvalue weighted by atomic mass is 10.3. The Labute approximate surface area is 117 Å². The maximum Gasteiger partial charge on any atom is 0.242 e. The monoisotopic (exact) mass is 281 g/mol. The van der Waals surface area contributed by atoms with Crippen molar-refractivity contribution in [2.75, 3.05) is 27.7 Å². The van der Waals surface area contributed by atoms with Crippen LogP contribution in [0.4, 0.5) is 0 Å². The number of rotatable bonds is 6. The number of hydrogen-bond acceptors (Lipinski definition) is 5. The second kappa shape index (κ2) is 6.12. The molecule has 2 aromatic heterocycles. The van der Waals surface area contributed by atoms with Crippen molar-refractivity contribution in [3.05, 3.63) is 11.1 Å². The van der Waals surface area contributed by atoms with Crippen LogP contribution < -0.4 is 4.74 Å². The van der Waals surface area contributed by atoms with Crippen LogP contribution >= 0.6 is 12.2 Å². The van der Waals surface area contributed by atoms with E-state index in [0.717, 1.165) is 37.1 Å². The highest BCUT2D eigenvalue weighted by atomic mass is 32.1. The van der Waals surface area contributed by atoms with Crippen LogP contribution in [0.25, 0.3) is 11.2 Å². The van der Waals surface area contributed by atoms with Crippen molar-refractivity contribution in [3.8, 4) is 5.88 Å². The smallest absolute Gasteiger partial charge is 0.242 e. The summed E-state index contributed by atoms with van der Waals surface area (Å²) >= 11 is 5.34. The number of aryl methyl sites for hydroxylation is 1. The average molecular weight is 281 g/mol. The van der Waals surface area contributed by atoms with E-state index in [-0.39, 0.29) is 0 Å². The lowest BCUT2D eigenvalue weighted by Gasteiger charge is -2.09. The van der Waals surface area contributed by atoms with Gasteiger partial charge in [0.05, 0.1) is 7.11 Å². The Bertz CT molecular complexity index is 604. The molecule has 0 saturated carbocycles. The van der Waals surface area contributed by atoms with E-state index in [1.54, 1.807) is 7.11 Å². The topological polar surface area (TPSA) is 59.0 Å². The number of H-pyrrole nitrogens is 1. The standard InChI is InChI=1S/C12H19N5OS/c1-16(2)6-4-5-7-17-10-9(15-12(17)19)11(18-3)14-8-13-10/h8H,4-7H2,1-3H3,(H,15,19). The molecule has 7 heteroatoms. The Morgan fingerprint density at radius 3 is 2.84 bits per heavy atom. The molecule has 0 aromatic carbocycles. The summed E-state index contributed by atoms with van der Waals surface area (Å²) in [6.45, 7) is 1.93. The van der Waals surface area contributed by atoms with Gasteiger partial charge in [-0.3, -0.25) is 0 Å². The van der Waals surface area contributed by atoms with Crippen LogP contribution in [0.2, 0.25) is 0 Å². The maximum atomic E-state index is 5.34. The van der Waals surface area contributed by atoms with Crippen molar-refractivity contribution < 1.29 is 4.74 Å². The predicted octanol–water partition coefficient (Wildman–Crippen LogP) is 1.84. The van der Waals surface area contributed by atoms with Crippen LogP contribution in [-0.2, 0) is 6.54 Å². The normalized spacial score (nSPS) is 11.4. The quantitative estimate of drug-likeness (QED) is 0.647. The maximum absolute atomic E-state index is 5.34. The first-order chi connectivity index (χ1) is 9.13. The number of ether oxygens (including phenoxy) is 1. The number of aromatic nitrogens is 4. The van der Waals surface area contributed by atoms with E-state index in [1.165, 1.54) is 6.33 Å². The van der Waals surface area contributed by atoms with Crippen LogP contribution in [0, 0.1) is 4.77 Å². The van der Waals surface area contributed by atoms with E-state index in [0.29, 0.717) is 10.7 Å². The first kappa shape index (κ1) is 14.0. The lowest BCUT2D eigenvalue weighted by molar-refractivity contribution is 0.388. The minimum Gasteiger partial charge on any atom is -0.479 e. The molecule has 6 nitrogen and oxygen atoms in total. The van der Waals surface area contributed by atoms with E-state index in [2.05, 4.69) is 33.9 Å². The summed E-state index contributed by atoms with van der Waals surface area (Å²) in [5.41, 5.74) is 1.57. The van der Waals surface area contributed by atoms with E-state index in [4.69, 9.17) is 17.0 Å². The number of fused-ring (bicyclic) bond motifs is 1. The van der Waals surface area contributed by atoms with Crippen molar-refractivity contribution >= 4 is 23.4 Å². The first-order valence-electron chi connectivity index (χ1n) is 6.25. The molecular weight excluding hydrogens is 262 g/mol. The number of imidazole rings is 1. The Kier molecular flexibility index (Phi) is 4.49. The van der Waals surface area contributed by atoms with Gasteiger partial charge in [0.25, 0.3) is 0 Å². The Morgan fingerprint density at radius 2 is 2.16 bits per heavy atom. The molecule has 2 rings (SSSR count). The van der Waals surface area contributed by atoms with Gasteiger partial charge in [-0.1, -0.05) is 0 Å². The fraction of sp³-hybridized carbons (Fsp3) is 0.583. The molecule has 2 aromatic rings. The summed E-state index contributed by atoms with van der Waals surface area (Å²) < 4.78 is 7.87. The third kappa shape index (κ3) is 3.10. The van der Waals surface area contributed by atoms with Crippen LogP contribution in [-0.4, -0.2) is 52.2 Å². The molecule has 0 saturated heterocycles. The molecule has 0 spiro atoms. The number of nitrogens with one attached hydrogen (secondary N) is 1. The number of aromatic amines is 1. The number of unbranched alkanes of at least 4 members (excludes halogenated alkanes) is 1. The fourth-order valence-electron chi connectivity index (χ4n) is 2.01. The third-order valence-electron chi connectivity index (χ3n) is 2.96. The minimum absolute atomic E-state index is 0.531. The molecule has 0 unspecified atom stereocenters. The molecule has 0 aliphatic carbocycles. The van der Waals surface area contributed by atoms with Crippen molar-refractivity contribution in [3.63, 3.8) is 0 Å². The average Bonchev–Trinajstić information content (AvgIpc) is 2.70. The Balaban J connectivity index is 2.19. The molecule has 0 fully saturated rings. The number of methoxy groups -OCH3 is 1. The largest absolute Gasteiger partial charge is 0.479 e. The zero-order chi connectivity index (χ0) is 13.8. The Hall–Kier alpha value is -1.47. The molecule has 0 aliphatic heterocycles.